The summed E-state index contributed by atoms with van der Waals surface area (Å²) in [5.74, 6) is 6.21. The Morgan fingerprint density at radius 2 is 2.40 bits per heavy atom. The largest absolute Gasteiger partial charge is 0.378 e. The molecular formula is C11H22N2O2. The SMILES string of the molecule is CCC(NN)C1CCOC2(CCOC2)C1. The second-order valence-corrected chi connectivity index (χ2v) is 4.77. The van der Waals surface area contributed by atoms with E-state index in [9.17, 15) is 0 Å². The molecule has 0 aromatic heterocycles. The Morgan fingerprint density at radius 3 is 3.00 bits per heavy atom. The molecule has 1 spiro atoms. The van der Waals surface area contributed by atoms with Crippen LogP contribution in [-0.2, 0) is 9.47 Å². The summed E-state index contributed by atoms with van der Waals surface area (Å²) >= 11 is 0. The smallest absolute Gasteiger partial charge is 0.0939 e. The first kappa shape index (κ1) is 11.3. The minimum Gasteiger partial charge on any atom is -0.378 e. The van der Waals surface area contributed by atoms with Gasteiger partial charge in [-0.15, -0.1) is 0 Å². The first-order valence-corrected chi connectivity index (χ1v) is 5.97. The predicted molar refractivity (Wildman–Crippen MR) is 58.2 cm³/mol. The van der Waals surface area contributed by atoms with Crippen molar-refractivity contribution in [2.45, 2.75) is 44.2 Å². The topological polar surface area (TPSA) is 56.5 Å². The summed E-state index contributed by atoms with van der Waals surface area (Å²) < 4.78 is 11.4. The first-order chi connectivity index (χ1) is 7.29. The van der Waals surface area contributed by atoms with Crippen LogP contribution < -0.4 is 11.3 Å². The summed E-state index contributed by atoms with van der Waals surface area (Å²) in [6, 6.07) is 0.423. The maximum atomic E-state index is 5.90. The Balaban J connectivity index is 1.96. The van der Waals surface area contributed by atoms with Crippen molar-refractivity contribution >= 4 is 0 Å². The molecule has 0 aliphatic carbocycles. The summed E-state index contributed by atoms with van der Waals surface area (Å²) in [5.41, 5.74) is 2.94. The Labute approximate surface area is 91.5 Å². The fourth-order valence-electron chi connectivity index (χ4n) is 2.86. The van der Waals surface area contributed by atoms with Crippen molar-refractivity contribution < 1.29 is 9.47 Å². The number of ether oxygens (including phenoxy) is 2. The van der Waals surface area contributed by atoms with Crippen LogP contribution in [0.1, 0.15) is 32.6 Å². The monoisotopic (exact) mass is 214 g/mol. The third-order valence-electron chi connectivity index (χ3n) is 3.82. The van der Waals surface area contributed by atoms with Gasteiger partial charge in [0, 0.05) is 25.7 Å². The van der Waals surface area contributed by atoms with Crippen molar-refractivity contribution in [3.63, 3.8) is 0 Å². The molecular weight excluding hydrogens is 192 g/mol. The minimum absolute atomic E-state index is 0.00713. The van der Waals surface area contributed by atoms with Gasteiger partial charge in [-0.3, -0.25) is 11.3 Å². The molecule has 15 heavy (non-hydrogen) atoms. The van der Waals surface area contributed by atoms with E-state index >= 15 is 0 Å². The molecule has 88 valence electrons. The highest BCUT2D eigenvalue weighted by Gasteiger charge is 2.42. The zero-order valence-electron chi connectivity index (χ0n) is 9.50. The Kier molecular flexibility index (Phi) is 3.61. The maximum Gasteiger partial charge on any atom is 0.0939 e. The Bertz CT molecular complexity index is 201. The van der Waals surface area contributed by atoms with Crippen molar-refractivity contribution in [2.24, 2.45) is 11.8 Å². The van der Waals surface area contributed by atoms with Crippen LogP contribution in [0.25, 0.3) is 0 Å². The molecule has 4 nitrogen and oxygen atoms in total. The molecule has 2 aliphatic rings. The third kappa shape index (κ3) is 2.33. The van der Waals surface area contributed by atoms with E-state index in [2.05, 4.69) is 12.3 Å². The Morgan fingerprint density at radius 1 is 1.53 bits per heavy atom. The molecule has 3 atom stereocenters. The molecule has 2 heterocycles. The average molecular weight is 214 g/mol. The lowest BCUT2D eigenvalue weighted by atomic mass is 9.80. The van der Waals surface area contributed by atoms with E-state index in [-0.39, 0.29) is 5.60 Å². The molecule has 2 rings (SSSR count). The maximum absolute atomic E-state index is 5.90. The first-order valence-electron chi connectivity index (χ1n) is 5.97. The molecule has 3 N–H and O–H groups in total. The quantitative estimate of drug-likeness (QED) is 0.539. The van der Waals surface area contributed by atoms with Gasteiger partial charge in [-0.1, -0.05) is 6.92 Å². The van der Waals surface area contributed by atoms with Crippen LogP contribution in [0.15, 0.2) is 0 Å². The molecule has 0 saturated carbocycles. The van der Waals surface area contributed by atoms with E-state index in [4.69, 9.17) is 15.3 Å². The van der Waals surface area contributed by atoms with Crippen molar-refractivity contribution in [2.75, 3.05) is 19.8 Å². The Hall–Kier alpha value is -0.160. The van der Waals surface area contributed by atoms with Gasteiger partial charge in [0.05, 0.1) is 12.2 Å². The van der Waals surface area contributed by atoms with Crippen molar-refractivity contribution in [3.05, 3.63) is 0 Å². The van der Waals surface area contributed by atoms with Crippen LogP contribution in [0.3, 0.4) is 0 Å². The lowest BCUT2D eigenvalue weighted by Gasteiger charge is -2.40. The number of nitrogens with one attached hydrogen (secondary N) is 1. The van der Waals surface area contributed by atoms with Gasteiger partial charge in [-0.2, -0.15) is 0 Å². The molecule has 4 heteroatoms. The summed E-state index contributed by atoms with van der Waals surface area (Å²) in [6.07, 6.45) is 4.34. The lowest BCUT2D eigenvalue weighted by molar-refractivity contribution is -0.103. The molecule has 0 radical (unpaired) electrons. The van der Waals surface area contributed by atoms with Crippen LogP contribution >= 0.6 is 0 Å². The van der Waals surface area contributed by atoms with Crippen molar-refractivity contribution in [1.29, 1.82) is 0 Å². The van der Waals surface area contributed by atoms with Gasteiger partial charge in [0.2, 0.25) is 0 Å². The van der Waals surface area contributed by atoms with Gasteiger partial charge >= 0.3 is 0 Å². The highest BCUT2D eigenvalue weighted by atomic mass is 16.6. The standard InChI is InChI=1S/C11H22N2O2/c1-2-10(13-12)9-3-5-15-11(7-9)4-6-14-8-11/h9-10,13H,2-8,12H2,1H3. The molecule has 2 fully saturated rings. The molecule has 3 unspecified atom stereocenters. The van der Waals surface area contributed by atoms with E-state index in [1.54, 1.807) is 0 Å². The van der Waals surface area contributed by atoms with Crippen molar-refractivity contribution in [3.8, 4) is 0 Å². The molecule has 0 amide bonds. The predicted octanol–water partition coefficient (Wildman–Crippen LogP) is 0.814. The van der Waals surface area contributed by atoms with E-state index in [0.717, 1.165) is 45.5 Å². The van der Waals surface area contributed by atoms with Crippen molar-refractivity contribution in [1.82, 2.24) is 5.43 Å². The summed E-state index contributed by atoms with van der Waals surface area (Å²) in [5, 5.41) is 0. The van der Waals surface area contributed by atoms with E-state index in [1.165, 1.54) is 0 Å². The second-order valence-electron chi connectivity index (χ2n) is 4.77. The van der Waals surface area contributed by atoms with Gasteiger partial charge in [0.25, 0.3) is 0 Å². The fraction of sp³-hybridized carbons (Fsp3) is 1.00. The number of hydrogen-bond acceptors (Lipinski definition) is 4. The summed E-state index contributed by atoms with van der Waals surface area (Å²) in [6.45, 7) is 4.65. The van der Waals surface area contributed by atoms with E-state index in [1.807, 2.05) is 0 Å². The third-order valence-corrected chi connectivity index (χ3v) is 3.82. The van der Waals surface area contributed by atoms with Gasteiger partial charge in [-0.25, -0.2) is 0 Å². The molecule has 2 aliphatic heterocycles. The number of hydrogen-bond donors (Lipinski definition) is 2. The van der Waals surface area contributed by atoms with Crippen LogP contribution in [-0.4, -0.2) is 31.5 Å². The lowest BCUT2D eigenvalue weighted by Crippen LogP contribution is -2.48. The second kappa shape index (κ2) is 4.78. The number of hydrazine groups is 1. The summed E-state index contributed by atoms with van der Waals surface area (Å²) in [7, 11) is 0. The summed E-state index contributed by atoms with van der Waals surface area (Å²) in [4.78, 5) is 0. The van der Waals surface area contributed by atoms with Crippen LogP contribution in [0.2, 0.25) is 0 Å². The van der Waals surface area contributed by atoms with Gasteiger partial charge in [-0.05, 0) is 25.2 Å². The molecule has 0 bridgehead atoms. The molecule has 0 aromatic carbocycles. The zero-order valence-corrected chi connectivity index (χ0v) is 9.50. The van der Waals surface area contributed by atoms with Crippen LogP contribution in [0.4, 0.5) is 0 Å². The normalized spacial score (nSPS) is 38.4. The fourth-order valence-corrected chi connectivity index (χ4v) is 2.86. The highest BCUT2D eigenvalue weighted by molar-refractivity contribution is 4.93. The highest BCUT2D eigenvalue weighted by Crippen LogP contribution is 2.37. The van der Waals surface area contributed by atoms with Gasteiger partial charge in [0.1, 0.15) is 0 Å². The average Bonchev–Trinajstić information content (AvgIpc) is 2.68. The minimum atomic E-state index is 0.00713. The van der Waals surface area contributed by atoms with Gasteiger partial charge in [0.15, 0.2) is 0 Å². The van der Waals surface area contributed by atoms with Crippen LogP contribution in [0, 0.1) is 5.92 Å². The van der Waals surface area contributed by atoms with E-state index in [0.29, 0.717) is 12.0 Å². The zero-order chi connectivity index (χ0) is 10.7. The van der Waals surface area contributed by atoms with E-state index < -0.39 is 0 Å². The molecule has 2 saturated heterocycles. The van der Waals surface area contributed by atoms with Crippen LogP contribution in [0.5, 0.6) is 0 Å². The number of nitrogens with two attached hydrogens (primary N) is 1. The van der Waals surface area contributed by atoms with Gasteiger partial charge < -0.3 is 9.47 Å². The number of rotatable bonds is 3. The molecule has 0 aromatic rings.